The van der Waals surface area contributed by atoms with Gasteiger partial charge in [0.05, 0.1) is 24.4 Å². The highest BCUT2D eigenvalue weighted by Gasteiger charge is 2.30. The van der Waals surface area contributed by atoms with E-state index in [2.05, 4.69) is 15.5 Å². The summed E-state index contributed by atoms with van der Waals surface area (Å²) in [5.74, 6) is 1.13. The summed E-state index contributed by atoms with van der Waals surface area (Å²) < 4.78 is 12.6. The van der Waals surface area contributed by atoms with E-state index in [1.54, 1.807) is 25.1 Å². The number of aryl methyl sites for hydroxylation is 1. The minimum atomic E-state index is -0.565. The SMILES string of the molecule is CCNC(=O)C[C@@H]1N=C(c2ccc(Cl)cc2)c2cc(OCC(=O)OCC)ccc2-n2c(C)nnc21. The lowest BCUT2D eigenvalue weighted by molar-refractivity contribution is -0.145. The number of nitrogens with zero attached hydrogens (tertiary/aromatic N) is 4. The van der Waals surface area contributed by atoms with E-state index in [1.807, 2.05) is 42.7 Å². The van der Waals surface area contributed by atoms with Crippen LogP contribution in [0.5, 0.6) is 5.75 Å². The van der Waals surface area contributed by atoms with Crippen LogP contribution in [0, 0.1) is 6.92 Å². The molecule has 10 heteroatoms. The second-order valence-corrected chi connectivity index (χ2v) is 8.31. The molecule has 0 radical (unpaired) electrons. The Labute approximate surface area is 208 Å². The first-order chi connectivity index (χ1) is 16.9. The Hall–Kier alpha value is -3.72. The van der Waals surface area contributed by atoms with Crippen molar-refractivity contribution in [2.45, 2.75) is 33.2 Å². The molecular formula is C25H26ClN5O4. The maximum atomic E-state index is 12.5. The zero-order chi connectivity index (χ0) is 24.9. The Morgan fingerprint density at radius 3 is 2.60 bits per heavy atom. The van der Waals surface area contributed by atoms with Crippen LogP contribution in [-0.4, -0.2) is 52.1 Å². The minimum Gasteiger partial charge on any atom is -0.482 e. The number of halogens is 1. The summed E-state index contributed by atoms with van der Waals surface area (Å²) in [6, 6.07) is 12.2. The molecule has 0 fully saturated rings. The van der Waals surface area contributed by atoms with Gasteiger partial charge in [-0.15, -0.1) is 10.2 Å². The van der Waals surface area contributed by atoms with Gasteiger partial charge in [0.15, 0.2) is 12.4 Å². The molecule has 182 valence electrons. The molecule has 0 spiro atoms. The first-order valence-corrected chi connectivity index (χ1v) is 11.7. The Balaban J connectivity index is 1.85. The van der Waals surface area contributed by atoms with Gasteiger partial charge < -0.3 is 14.8 Å². The van der Waals surface area contributed by atoms with Crippen molar-refractivity contribution in [3.8, 4) is 11.4 Å². The molecular weight excluding hydrogens is 470 g/mol. The van der Waals surface area contributed by atoms with Crippen molar-refractivity contribution in [1.82, 2.24) is 20.1 Å². The Kier molecular flexibility index (Phi) is 7.45. The van der Waals surface area contributed by atoms with E-state index in [4.69, 9.17) is 26.1 Å². The summed E-state index contributed by atoms with van der Waals surface area (Å²) in [4.78, 5) is 29.3. The van der Waals surface area contributed by atoms with Crippen LogP contribution in [-0.2, 0) is 14.3 Å². The van der Waals surface area contributed by atoms with E-state index in [0.717, 1.165) is 16.8 Å². The summed E-state index contributed by atoms with van der Waals surface area (Å²) in [7, 11) is 0. The van der Waals surface area contributed by atoms with Gasteiger partial charge in [-0.1, -0.05) is 23.7 Å². The van der Waals surface area contributed by atoms with Gasteiger partial charge in [-0.2, -0.15) is 0 Å². The van der Waals surface area contributed by atoms with Gasteiger partial charge in [-0.3, -0.25) is 14.4 Å². The van der Waals surface area contributed by atoms with Crippen molar-refractivity contribution >= 4 is 29.2 Å². The Morgan fingerprint density at radius 2 is 1.89 bits per heavy atom. The number of esters is 1. The molecule has 1 amide bonds. The average Bonchev–Trinajstić information content (AvgIpc) is 3.16. The second-order valence-electron chi connectivity index (χ2n) is 7.87. The van der Waals surface area contributed by atoms with E-state index in [-0.39, 0.29) is 25.5 Å². The maximum Gasteiger partial charge on any atom is 0.344 e. The summed E-state index contributed by atoms with van der Waals surface area (Å²) in [6.07, 6.45) is 0.114. The number of amides is 1. The van der Waals surface area contributed by atoms with Crippen LogP contribution >= 0.6 is 11.6 Å². The summed E-state index contributed by atoms with van der Waals surface area (Å²) >= 11 is 6.13. The lowest BCUT2D eigenvalue weighted by atomic mass is 10.00. The largest absolute Gasteiger partial charge is 0.482 e. The predicted molar refractivity (Wildman–Crippen MR) is 131 cm³/mol. The van der Waals surface area contributed by atoms with Crippen LogP contribution in [0.4, 0.5) is 0 Å². The molecule has 0 saturated heterocycles. The molecule has 3 aromatic rings. The number of fused-ring (bicyclic) bond motifs is 3. The van der Waals surface area contributed by atoms with Crippen molar-refractivity contribution in [1.29, 1.82) is 0 Å². The van der Waals surface area contributed by atoms with E-state index in [0.29, 0.717) is 34.7 Å². The van der Waals surface area contributed by atoms with Gasteiger partial charge in [0, 0.05) is 22.7 Å². The van der Waals surface area contributed by atoms with E-state index >= 15 is 0 Å². The summed E-state index contributed by atoms with van der Waals surface area (Å²) in [5.41, 5.74) is 3.00. The summed E-state index contributed by atoms with van der Waals surface area (Å²) in [5, 5.41) is 12.1. The van der Waals surface area contributed by atoms with Crippen LogP contribution in [0.25, 0.3) is 5.69 Å². The molecule has 0 saturated carbocycles. The van der Waals surface area contributed by atoms with Crippen molar-refractivity contribution in [3.05, 3.63) is 70.3 Å². The number of hydrogen-bond acceptors (Lipinski definition) is 7. The molecule has 0 bridgehead atoms. The molecule has 2 aromatic carbocycles. The van der Waals surface area contributed by atoms with E-state index < -0.39 is 12.0 Å². The van der Waals surface area contributed by atoms with Gasteiger partial charge in [0.1, 0.15) is 17.6 Å². The third kappa shape index (κ3) is 5.35. The zero-order valence-electron chi connectivity index (χ0n) is 19.7. The number of carbonyl (C=O) groups is 2. The van der Waals surface area contributed by atoms with Gasteiger partial charge in [-0.05, 0) is 51.1 Å². The minimum absolute atomic E-state index is 0.114. The quantitative estimate of drug-likeness (QED) is 0.478. The molecule has 9 nitrogen and oxygen atoms in total. The molecule has 2 heterocycles. The van der Waals surface area contributed by atoms with Crippen molar-refractivity contribution in [3.63, 3.8) is 0 Å². The van der Waals surface area contributed by atoms with Crippen molar-refractivity contribution in [2.24, 2.45) is 4.99 Å². The van der Waals surface area contributed by atoms with Crippen LogP contribution < -0.4 is 10.1 Å². The first kappa shape index (κ1) is 24.4. The number of nitrogens with one attached hydrogen (secondary N) is 1. The molecule has 1 aromatic heterocycles. The molecule has 4 rings (SSSR count). The normalized spacial score (nSPS) is 14.3. The number of carbonyl (C=O) groups excluding carboxylic acids is 2. The zero-order valence-corrected chi connectivity index (χ0v) is 20.5. The molecule has 1 aliphatic rings. The fourth-order valence-electron chi connectivity index (χ4n) is 3.93. The van der Waals surface area contributed by atoms with Crippen molar-refractivity contribution in [2.75, 3.05) is 19.8 Å². The van der Waals surface area contributed by atoms with Gasteiger partial charge in [0.25, 0.3) is 0 Å². The third-order valence-electron chi connectivity index (χ3n) is 5.43. The predicted octanol–water partition coefficient (Wildman–Crippen LogP) is 3.59. The highest BCUT2D eigenvalue weighted by atomic mass is 35.5. The molecule has 1 aliphatic heterocycles. The molecule has 1 atom stereocenters. The average molecular weight is 496 g/mol. The highest BCUT2D eigenvalue weighted by molar-refractivity contribution is 6.30. The van der Waals surface area contributed by atoms with Gasteiger partial charge in [-0.25, -0.2) is 4.79 Å². The molecule has 35 heavy (non-hydrogen) atoms. The van der Waals surface area contributed by atoms with Crippen LogP contribution in [0.15, 0.2) is 47.5 Å². The van der Waals surface area contributed by atoms with Crippen LogP contribution in [0.2, 0.25) is 5.02 Å². The number of aromatic nitrogens is 3. The molecule has 1 N–H and O–H groups in total. The Morgan fingerprint density at radius 1 is 1.11 bits per heavy atom. The molecule has 0 unspecified atom stereocenters. The Bertz CT molecular complexity index is 1270. The fraction of sp³-hybridized carbons (Fsp3) is 0.320. The first-order valence-electron chi connectivity index (χ1n) is 11.4. The van der Waals surface area contributed by atoms with E-state index in [9.17, 15) is 9.59 Å². The standard InChI is InChI=1S/C25H26ClN5O4/c1-4-27-22(32)13-20-25-30-29-15(3)31(25)21-11-10-18(35-14-23(33)34-5-2)12-19(21)24(28-20)16-6-8-17(26)9-7-16/h6-12,20H,4-5,13-14H2,1-3H3,(H,27,32)/t20-/m0/s1. The monoisotopic (exact) mass is 495 g/mol. The van der Waals surface area contributed by atoms with E-state index in [1.165, 1.54) is 0 Å². The van der Waals surface area contributed by atoms with Gasteiger partial charge >= 0.3 is 5.97 Å². The second kappa shape index (κ2) is 10.7. The van der Waals surface area contributed by atoms with Crippen LogP contribution in [0.1, 0.15) is 49.1 Å². The number of rotatable bonds is 8. The smallest absolute Gasteiger partial charge is 0.344 e. The fourth-order valence-corrected chi connectivity index (χ4v) is 4.06. The summed E-state index contributed by atoms with van der Waals surface area (Å²) in [6.45, 7) is 6.05. The van der Waals surface area contributed by atoms with Gasteiger partial charge in [0.2, 0.25) is 5.91 Å². The molecule has 0 aliphatic carbocycles. The number of hydrogen-bond donors (Lipinski definition) is 1. The number of aliphatic imine (C=N–C) groups is 1. The maximum absolute atomic E-state index is 12.5. The van der Waals surface area contributed by atoms with Crippen molar-refractivity contribution < 1.29 is 19.1 Å². The topological polar surface area (TPSA) is 108 Å². The number of benzene rings is 2. The lowest BCUT2D eigenvalue weighted by Crippen LogP contribution is -2.25. The lowest BCUT2D eigenvalue weighted by Gasteiger charge is -2.15. The van der Waals surface area contributed by atoms with Crippen LogP contribution in [0.3, 0.4) is 0 Å². The highest BCUT2D eigenvalue weighted by Crippen LogP contribution is 2.34. The third-order valence-corrected chi connectivity index (χ3v) is 5.68. The number of ether oxygens (including phenoxy) is 2.